The van der Waals surface area contributed by atoms with Gasteiger partial charge in [0.1, 0.15) is 16.5 Å². The van der Waals surface area contributed by atoms with Crippen LogP contribution in [0, 0.1) is 0 Å². The van der Waals surface area contributed by atoms with Crippen LogP contribution in [0.25, 0.3) is 0 Å². The molecular formula is C27H23Cl2N3O4. The molecule has 4 rings (SSSR count). The van der Waals surface area contributed by atoms with E-state index in [1.54, 1.807) is 54.6 Å². The third kappa shape index (κ3) is 5.08. The molecule has 1 heterocycles. The second kappa shape index (κ2) is 10.4. The first-order valence-corrected chi connectivity index (χ1v) is 11.9. The van der Waals surface area contributed by atoms with Gasteiger partial charge in [-0.2, -0.15) is 0 Å². The molecule has 0 atom stereocenters. The number of carbonyl (C=O) groups excluding carboxylic acids is 3. The minimum Gasteiger partial charge on any atom is -0.495 e. The summed E-state index contributed by atoms with van der Waals surface area (Å²) < 4.78 is 5.27. The third-order valence-electron chi connectivity index (χ3n) is 5.65. The Labute approximate surface area is 218 Å². The lowest BCUT2D eigenvalue weighted by Gasteiger charge is -2.16. The smallest absolute Gasteiger partial charge is 0.283 e. The summed E-state index contributed by atoms with van der Waals surface area (Å²) in [5.74, 6) is -0.854. The summed E-state index contributed by atoms with van der Waals surface area (Å²) in [7, 11) is 1.49. The zero-order valence-electron chi connectivity index (χ0n) is 19.8. The average Bonchev–Trinajstić information content (AvgIpc) is 3.07. The highest BCUT2D eigenvalue weighted by Crippen LogP contribution is 2.32. The number of rotatable bonds is 7. The number of nitrogens with zero attached hydrogens (tertiary/aromatic N) is 1. The zero-order chi connectivity index (χ0) is 26.0. The van der Waals surface area contributed by atoms with Crippen LogP contribution in [-0.4, -0.2) is 24.8 Å². The molecule has 1 aliphatic heterocycles. The molecule has 36 heavy (non-hydrogen) atoms. The van der Waals surface area contributed by atoms with Gasteiger partial charge < -0.3 is 15.4 Å². The predicted molar refractivity (Wildman–Crippen MR) is 142 cm³/mol. The van der Waals surface area contributed by atoms with Gasteiger partial charge in [0.2, 0.25) is 0 Å². The molecule has 2 N–H and O–H groups in total. The average molecular weight is 524 g/mol. The van der Waals surface area contributed by atoms with E-state index < -0.39 is 17.7 Å². The minimum atomic E-state index is -0.622. The maximum atomic E-state index is 13.1. The first kappa shape index (κ1) is 25.3. The van der Waals surface area contributed by atoms with Crippen LogP contribution in [-0.2, 0) is 9.59 Å². The SMILES string of the molecule is COc1ccc(Cl)cc1NC(=O)c1cccc(NC2=C(Cl)C(=O)N(c3ccc(C(C)C)cc3)C2=O)c1. The van der Waals surface area contributed by atoms with Crippen LogP contribution in [0.4, 0.5) is 17.1 Å². The normalized spacial score (nSPS) is 13.4. The highest BCUT2D eigenvalue weighted by Gasteiger charge is 2.39. The Hall–Kier alpha value is -3.81. The summed E-state index contributed by atoms with van der Waals surface area (Å²) in [4.78, 5) is 39.8. The fourth-order valence-electron chi connectivity index (χ4n) is 3.71. The Balaban J connectivity index is 1.53. The lowest BCUT2D eigenvalue weighted by Crippen LogP contribution is -2.32. The molecule has 0 radical (unpaired) electrons. The van der Waals surface area contributed by atoms with Crippen molar-refractivity contribution >= 4 is 58.0 Å². The number of hydrogen-bond donors (Lipinski definition) is 2. The van der Waals surface area contributed by atoms with Crippen LogP contribution in [0.2, 0.25) is 5.02 Å². The second-order valence-corrected chi connectivity index (χ2v) is 9.20. The van der Waals surface area contributed by atoms with E-state index in [1.807, 2.05) is 12.1 Å². The van der Waals surface area contributed by atoms with Crippen LogP contribution < -0.4 is 20.3 Å². The zero-order valence-corrected chi connectivity index (χ0v) is 21.3. The molecule has 0 fully saturated rings. The van der Waals surface area contributed by atoms with Crippen molar-refractivity contribution in [1.82, 2.24) is 0 Å². The van der Waals surface area contributed by atoms with Crippen molar-refractivity contribution in [3.8, 4) is 5.75 Å². The standard InChI is InChI=1S/C27H23Cl2N3O4/c1-15(2)16-7-10-20(11-8-16)32-26(34)23(29)24(27(32)35)30-19-6-4-5-17(13-19)25(33)31-21-14-18(28)9-12-22(21)36-3/h4-15,30H,1-3H3,(H,31,33). The molecular weight excluding hydrogens is 501 g/mol. The molecule has 3 amide bonds. The van der Waals surface area contributed by atoms with E-state index in [0.29, 0.717) is 39.3 Å². The molecule has 3 aromatic carbocycles. The fraction of sp³-hybridized carbons (Fsp3) is 0.148. The molecule has 0 aliphatic carbocycles. The molecule has 0 saturated carbocycles. The van der Waals surface area contributed by atoms with E-state index in [2.05, 4.69) is 24.5 Å². The highest BCUT2D eigenvalue weighted by atomic mass is 35.5. The van der Waals surface area contributed by atoms with Crippen molar-refractivity contribution < 1.29 is 19.1 Å². The number of methoxy groups -OCH3 is 1. The van der Waals surface area contributed by atoms with E-state index in [1.165, 1.54) is 7.11 Å². The molecule has 9 heteroatoms. The molecule has 0 unspecified atom stereocenters. The molecule has 184 valence electrons. The number of imide groups is 1. The molecule has 0 saturated heterocycles. The summed E-state index contributed by atoms with van der Waals surface area (Å²) in [5, 5.41) is 5.87. The van der Waals surface area contributed by atoms with E-state index in [-0.39, 0.29) is 10.7 Å². The number of nitrogens with one attached hydrogen (secondary N) is 2. The first-order valence-electron chi connectivity index (χ1n) is 11.1. The number of carbonyl (C=O) groups is 3. The van der Waals surface area contributed by atoms with Gasteiger partial charge in [0, 0.05) is 16.3 Å². The molecule has 0 bridgehead atoms. The lowest BCUT2D eigenvalue weighted by atomic mass is 10.0. The highest BCUT2D eigenvalue weighted by molar-refractivity contribution is 6.53. The van der Waals surface area contributed by atoms with Gasteiger partial charge in [-0.1, -0.05) is 55.2 Å². The fourth-order valence-corrected chi connectivity index (χ4v) is 4.09. The van der Waals surface area contributed by atoms with E-state index in [4.69, 9.17) is 27.9 Å². The largest absolute Gasteiger partial charge is 0.495 e. The number of ether oxygens (including phenoxy) is 1. The third-order valence-corrected chi connectivity index (χ3v) is 6.23. The van der Waals surface area contributed by atoms with Crippen LogP contribution in [0.1, 0.15) is 35.7 Å². The quantitative estimate of drug-likeness (QED) is 0.362. The van der Waals surface area contributed by atoms with Crippen LogP contribution in [0.3, 0.4) is 0 Å². The van der Waals surface area contributed by atoms with Gasteiger partial charge in [0.15, 0.2) is 0 Å². The van der Waals surface area contributed by atoms with E-state index >= 15 is 0 Å². The summed E-state index contributed by atoms with van der Waals surface area (Å²) in [6, 6.07) is 18.5. The van der Waals surface area contributed by atoms with Gasteiger partial charge >= 0.3 is 0 Å². The van der Waals surface area contributed by atoms with Gasteiger partial charge in [-0.05, 0) is 60.0 Å². The Bertz CT molecular complexity index is 1380. The topological polar surface area (TPSA) is 87.7 Å². The number of anilines is 3. The monoisotopic (exact) mass is 523 g/mol. The molecule has 3 aromatic rings. The van der Waals surface area contributed by atoms with E-state index in [9.17, 15) is 14.4 Å². The van der Waals surface area contributed by atoms with Crippen LogP contribution in [0.5, 0.6) is 5.75 Å². The van der Waals surface area contributed by atoms with Crippen LogP contribution in [0.15, 0.2) is 77.5 Å². The Morgan fingerprint density at radius 3 is 2.33 bits per heavy atom. The van der Waals surface area contributed by atoms with E-state index in [0.717, 1.165) is 10.5 Å². The van der Waals surface area contributed by atoms with Gasteiger partial charge in [0.05, 0.1) is 18.5 Å². The Morgan fingerprint density at radius 1 is 0.944 bits per heavy atom. The molecule has 0 aromatic heterocycles. The number of hydrogen-bond acceptors (Lipinski definition) is 5. The molecule has 7 nitrogen and oxygen atoms in total. The summed E-state index contributed by atoms with van der Waals surface area (Å²) in [6.45, 7) is 4.11. The van der Waals surface area contributed by atoms with Gasteiger partial charge in [0.25, 0.3) is 17.7 Å². The van der Waals surface area contributed by atoms with Crippen molar-refractivity contribution in [2.45, 2.75) is 19.8 Å². The van der Waals surface area contributed by atoms with Crippen molar-refractivity contribution in [2.24, 2.45) is 0 Å². The Kier molecular flexibility index (Phi) is 7.33. The molecule has 0 spiro atoms. The Morgan fingerprint density at radius 2 is 1.67 bits per heavy atom. The predicted octanol–water partition coefficient (Wildman–Crippen LogP) is 6.16. The summed E-state index contributed by atoms with van der Waals surface area (Å²) in [5.41, 5.74) is 2.57. The van der Waals surface area contributed by atoms with Crippen molar-refractivity contribution in [3.05, 3.63) is 93.6 Å². The van der Waals surface area contributed by atoms with Crippen molar-refractivity contribution in [2.75, 3.05) is 22.6 Å². The minimum absolute atomic E-state index is 0.0660. The first-order chi connectivity index (χ1) is 17.2. The van der Waals surface area contributed by atoms with Gasteiger partial charge in [-0.3, -0.25) is 14.4 Å². The van der Waals surface area contributed by atoms with Crippen molar-refractivity contribution in [1.29, 1.82) is 0 Å². The molecule has 1 aliphatic rings. The summed E-state index contributed by atoms with van der Waals surface area (Å²) >= 11 is 12.3. The maximum absolute atomic E-state index is 13.1. The number of amides is 3. The van der Waals surface area contributed by atoms with Crippen LogP contribution >= 0.6 is 23.2 Å². The van der Waals surface area contributed by atoms with Crippen molar-refractivity contribution in [3.63, 3.8) is 0 Å². The lowest BCUT2D eigenvalue weighted by molar-refractivity contribution is -0.120. The maximum Gasteiger partial charge on any atom is 0.283 e. The number of halogens is 2. The second-order valence-electron chi connectivity index (χ2n) is 8.39. The summed E-state index contributed by atoms with van der Waals surface area (Å²) in [6.07, 6.45) is 0. The van der Waals surface area contributed by atoms with Gasteiger partial charge in [-0.25, -0.2) is 4.90 Å². The number of benzene rings is 3. The van der Waals surface area contributed by atoms with Gasteiger partial charge in [-0.15, -0.1) is 0 Å².